The number of nitrogen functional groups attached to an aromatic ring is 1. The van der Waals surface area contributed by atoms with Crippen LogP contribution in [0.5, 0.6) is 0 Å². The first-order valence-electron chi connectivity index (χ1n) is 13.2. The van der Waals surface area contributed by atoms with Gasteiger partial charge in [-0.3, -0.25) is 9.78 Å². The molecule has 4 fully saturated rings. The first kappa shape index (κ1) is 23.1. The molecule has 8 atom stereocenters. The number of ether oxygens (including phenoxy) is 1. The third-order valence-electron chi connectivity index (χ3n) is 10.3. The summed E-state index contributed by atoms with van der Waals surface area (Å²) < 4.78 is 5.48. The quantitative estimate of drug-likeness (QED) is 0.487. The van der Waals surface area contributed by atoms with Crippen molar-refractivity contribution in [2.45, 2.75) is 64.7 Å². The van der Waals surface area contributed by atoms with E-state index in [1.54, 1.807) is 18.5 Å². The molecule has 0 saturated heterocycles. The minimum atomic E-state index is 0.118. The van der Waals surface area contributed by atoms with Crippen LogP contribution in [-0.2, 0) is 9.53 Å². The molecule has 1 aromatic rings. The second-order valence-corrected chi connectivity index (χ2v) is 11.8. The Hall–Kier alpha value is -1.66. The third-order valence-corrected chi connectivity index (χ3v) is 10.3. The average molecular weight is 455 g/mol. The first-order valence-corrected chi connectivity index (χ1v) is 13.2. The van der Waals surface area contributed by atoms with E-state index in [4.69, 9.17) is 16.3 Å². The van der Waals surface area contributed by atoms with Crippen molar-refractivity contribution in [3.63, 3.8) is 0 Å². The van der Waals surface area contributed by atoms with E-state index in [0.29, 0.717) is 17.3 Å². The van der Waals surface area contributed by atoms with Gasteiger partial charge in [-0.05, 0) is 105 Å². The van der Waals surface area contributed by atoms with Crippen molar-refractivity contribution in [3.8, 4) is 0 Å². The number of hydrogen-bond acceptors (Lipinski definition) is 6. The highest BCUT2D eigenvalue weighted by molar-refractivity contribution is 5.87. The number of fused-ring (bicyclic) bond motifs is 5. The van der Waals surface area contributed by atoms with Crippen molar-refractivity contribution in [2.24, 2.45) is 52.7 Å². The van der Waals surface area contributed by atoms with Gasteiger partial charge in [0.25, 0.3) is 0 Å². The van der Waals surface area contributed by atoms with Gasteiger partial charge in [-0.1, -0.05) is 6.92 Å². The van der Waals surface area contributed by atoms with Crippen molar-refractivity contribution in [1.29, 1.82) is 0 Å². The van der Waals surface area contributed by atoms with E-state index in [1.807, 2.05) is 7.11 Å². The molecular weight excluding hydrogens is 412 g/mol. The molecule has 0 aromatic carbocycles. The Bertz CT molecular complexity index is 862. The monoisotopic (exact) mass is 454 g/mol. The maximum atomic E-state index is 13.5. The Morgan fingerprint density at radius 1 is 1.15 bits per heavy atom. The number of anilines is 2. The predicted molar refractivity (Wildman–Crippen MR) is 131 cm³/mol. The van der Waals surface area contributed by atoms with E-state index in [1.165, 1.54) is 56.4 Å². The van der Waals surface area contributed by atoms with Crippen molar-refractivity contribution >= 4 is 17.2 Å². The molecule has 1 aromatic heterocycles. The molecule has 1 heterocycles. The Kier molecular flexibility index (Phi) is 6.43. The number of carbonyl (C=O) groups is 1. The predicted octanol–water partition coefficient (Wildman–Crippen LogP) is 4.44. The molecule has 0 radical (unpaired) electrons. The molecule has 0 spiro atoms. The molecule has 4 N–H and O–H groups in total. The molecule has 6 heteroatoms. The second-order valence-electron chi connectivity index (χ2n) is 11.8. The fourth-order valence-electron chi connectivity index (χ4n) is 8.89. The highest BCUT2D eigenvalue weighted by Gasteiger charge is 2.58. The normalized spacial score (nSPS) is 39.9. The summed E-state index contributed by atoms with van der Waals surface area (Å²) in [6.45, 7) is 3.58. The number of aromatic nitrogens is 1. The number of rotatable bonds is 6. The van der Waals surface area contributed by atoms with E-state index in [-0.39, 0.29) is 23.7 Å². The molecule has 33 heavy (non-hydrogen) atoms. The lowest BCUT2D eigenvalue weighted by molar-refractivity contribution is -0.129. The Labute approximate surface area is 198 Å². The zero-order valence-corrected chi connectivity index (χ0v) is 20.4. The van der Waals surface area contributed by atoms with Gasteiger partial charge in [0.2, 0.25) is 0 Å². The summed E-state index contributed by atoms with van der Waals surface area (Å²) >= 11 is 0. The number of methoxy groups -OCH3 is 1. The standard InChI is InChI=1S/C27H42N4O2/c1-27-11-9-20-19-5-3-17(16-33-2)13-18(19)4-6-21(20)22(27)7-8-23(27)26(32)15-31(29)25-10-12-30-14-24(25)28/h10,12,14,17-23H,3-9,11,13,15-16,28-29H2,1-2H3. The molecule has 0 amide bonds. The van der Waals surface area contributed by atoms with Gasteiger partial charge < -0.3 is 15.5 Å². The van der Waals surface area contributed by atoms with E-state index in [2.05, 4.69) is 11.9 Å². The van der Waals surface area contributed by atoms with Gasteiger partial charge >= 0.3 is 0 Å². The van der Waals surface area contributed by atoms with Gasteiger partial charge in [-0.15, -0.1) is 0 Å². The summed E-state index contributed by atoms with van der Waals surface area (Å²) in [7, 11) is 1.85. The summed E-state index contributed by atoms with van der Waals surface area (Å²) in [5.41, 5.74) is 7.36. The lowest BCUT2D eigenvalue weighted by Gasteiger charge is -2.56. The van der Waals surface area contributed by atoms with Crippen molar-refractivity contribution in [3.05, 3.63) is 18.5 Å². The fraction of sp³-hybridized carbons (Fsp3) is 0.778. The van der Waals surface area contributed by atoms with Crippen LogP contribution in [0.15, 0.2) is 18.5 Å². The molecule has 4 saturated carbocycles. The van der Waals surface area contributed by atoms with Gasteiger partial charge in [-0.25, -0.2) is 5.84 Å². The minimum Gasteiger partial charge on any atom is -0.396 e. The zero-order valence-electron chi connectivity index (χ0n) is 20.4. The van der Waals surface area contributed by atoms with Crippen LogP contribution in [0.25, 0.3) is 0 Å². The topological polar surface area (TPSA) is 94.5 Å². The Balaban J connectivity index is 1.26. The lowest BCUT2D eigenvalue weighted by Crippen LogP contribution is -2.50. The molecule has 0 bridgehead atoms. The van der Waals surface area contributed by atoms with E-state index < -0.39 is 0 Å². The molecular formula is C27H42N4O2. The summed E-state index contributed by atoms with van der Waals surface area (Å²) in [5, 5.41) is 1.52. The minimum absolute atomic E-state index is 0.118. The van der Waals surface area contributed by atoms with Crippen LogP contribution in [0.4, 0.5) is 11.4 Å². The molecule has 182 valence electrons. The molecule has 0 aliphatic heterocycles. The molecule has 5 rings (SSSR count). The molecule has 4 aliphatic carbocycles. The average Bonchev–Trinajstić information content (AvgIpc) is 3.16. The summed E-state index contributed by atoms with van der Waals surface area (Å²) in [6.07, 6.45) is 14.8. The molecule has 8 unspecified atom stereocenters. The number of hydrazine groups is 1. The van der Waals surface area contributed by atoms with Gasteiger partial charge in [0.05, 0.1) is 24.1 Å². The van der Waals surface area contributed by atoms with Gasteiger partial charge in [-0.2, -0.15) is 0 Å². The van der Waals surface area contributed by atoms with E-state index in [9.17, 15) is 4.79 Å². The zero-order chi connectivity index (χ0) is 23.2. The third kappa shape index (κ3) is 4.07. The Morgan fingerprint density at radius 2 is 1.97 bits per heavy atom. The number of carbonyl (C=O) groups excluding carboxylic acids is 1. The summed E-state index contributed by atoms with van der Waals surface area (Å²) in [5.74, 6) is 11.6. The highest BCUT2D eigenvalue weighted by Crippen LogP contribution is 2.64. The number of nitrogens with two attached hydrogens (primary N) is 2. The lowest BCUT2D eigenvalue weighted by atomic mass is 9.49. The van der Waals surface area contributed by atoms with Crippen LogP contribution in [0.2, 0.25) is 0 Å². The van der Waals surface area contributed by atoms with Gasteiger partial charge in [0.15, 0.2) is 5.78 Å². The number of nitrogens with zero attached hydrogens (tertiary/aromatic N) is 2. The van der Waals surface area contributed by atoms with Crippen LogP contribution < -0.4 is 16.6 Å². The van der Waals surface area contributed by atoms with Gasteiger partial charge in [0.1, 0.15) is 0 Å². The second kappa shape index (κ2) is 9.18. The number of Topliss-reactive ketones (excluding diaryl/α,β-unsaturated/α-hetero) is 1. The van der Waals surface area contributed by atoms with Crippen LogP contribution in [0, 0.1) is 46.8 Å². The maximum Gasteiger partial charge on any atom is 0.157 e. The number of pyridine rings is 1. The largest absolute Gasteiger partial charge is 0.396 e. The number of hydrogen-bond donors (Lipinski definition) is 2. The van der Waals surface area contributed by atoms with Crippen molar-refractivity contribution in [2.75, 3.05) is 31.0 Å². The first-order chi connectivity index (χ1) is 15.9. The smallest absolute Gasteiger partial charge is 0.157 e. The highest BCUT2D eigenvalue weighted by atomic mass is 16.5. The molecule has 4 aliphatic rings. The summed E-state index contributed by atoms with van der Waals surface area (Å²) in [6, 6.07) is 1.78. The van der Waals surface area contributed by atoms with Crippen molar-refractivity contribution < 1.29 is 9.53 Å². The van der Waals surface area contributed by atoms with Crippen LogP contribution >= 0.6 is 0 Å². The Morgan fingerprint density at radius 3 is 2.76 bits per heavy atom. The van der Waals surface area contributed by atoms with Crippen LogP contribution in [0.1, 0.15) is 64.7 Å². The van der Waals surface area contributed by atoms with Crippen LogP contribution in [0.3, 0.4) is 0 Å². The maximum absolute atomic E-state index is 13.5. The van der Waals surface area contributed by atoms with Crippen LogP contribution in [-0.4, -0.2) is 31.0 Å². The van der Waals surface area contributed by atoms with E-state index in [0.717, 1.165) is 42.6 Å². The molecule has 6 nitrogen and oxygen atoms in total. The summed E-state index contributed by atoms with van der Waals surface area (Å²) in [4.78, 5) is 17.5. The van der Waals surface area contributed by atoms with Crippen molar-refractivity contribution in [1.82, 2.24) is 4.98 Å². The van der Waals surface area contributed by atoms with E-state index >= 15 is 0 Å². The fourth-order valence-corrected chi connectivity index (χ4v) is 8.89. The van der Waals surface area contributed by atoms with Gasteiger partial charge in [0, 0.05) is 25.8 Å². The SMILES string of the molecule is COCC1CCC2C(CCC3C2CCC2(C)C(C(=O)CN(N)c4ccncc4N)CCC32)C1. The number of ketones is 1.